The number of aromatic hydroxyl groups is 1. The first-order valence-electron chi connectivity index (χ1n) is 5.98. The van der Waals surface area contributed by atoms with E-state index in [0.717, 1.165) is 4.90 Å². The van der Waals surface area contributed by atoms with Gasteiger partial charge in [-0.25, -0.2) is 4.79 Å². The SMILES string of the molecule is O=C(O)CC[C@H](C(=O)O)N1Cc2cccc(O)c2C1=O. The molecule has 0 saturated heterocycles. The second-order valence-corrected chi connectivity index (χ2v) is 4.53. The molecule has 0 saturated carbocycles. The Hall–Kier alpha value is -2.57. The molecule has 1 aromatic carbocycles. The molecule has 2 rings (SSSR count). The van der Waals surface area contributed by atoms with Crippen LogP contribution in [0.15, 0.2) is 18.2 Å². The lowest BCUT2D eigenvalue weighted by Crippen LogP contribution is -2.41. The summed E-state index contributed by atoms with van der Waals surface area (Å²) in [5.41, 5.74) is 0.630. The van der Waals surface area contributed by atoms with Crippen LogP contribution in [-0.2, 0) is 16.1 Å². The van der Waals surface area contributed by atoms with E-state index in [1.807, 2.05) is 0 Å². The minimum atomic E-state index is -1.26. The minimum Gasteiger partial charge on any atom is -0.507 e. The Bertz CT molecular complexity index is 582. The maximum atomic E-state index is 12.2. The van der Waals surface area contributed by atoms with Crippen LogP contribution in [0, 0.1) is 0 Å². The number of hydrogen-bond acceptors (Lipinski definition) is 4. The van der Waals surface area contributed by atoms with Crippen molar-refractivity contribution in [1.82, 2.24) is 4.90 Å². The highest BCUT2D eigenvalue weighted by Gasteiger charge is 2.37. The van der Waals surface area contributed by atoms with Gasteiger partial charge in [-0.3, -0.25) is 9.59 Å². The van der Waals surface area contributed by atoms with Crippen molar-refractivity contribution in [2.45, 2.75) is 25.4 Å². The van der Waals surface area contributed by atoms with E-state index in [-0.39, 0.29) is 30.7 Å². The van der Waals surface area contributed by atoms with E-state index in [1.54, 1.807) is 12.1 Å². The monoisotopic (exact) mass is 279 g/mol. The molecule has 3 N–H and O–H groups in total. The number of nitrogens with zero attached hydrogens (tertiary/aromatic N) is 1. The topological polar surface area (TPSA) is 115 Å². The summed E-state index contributed by atoms with van der Waals surface area (Å²) in [7, 11) is 0. The predicted molar refractivity (Wildman–Crippen MR) is 66.3 cm³/mol. The Labute approximate surface area is 114 Å². The molecule has 7 heteroatoms. The third kappa shape index (κ3) is 2.42. The summed E-state index contributed by atoms with van der Waals surface area (Å²) in [6.45, 7) is 0.0547. The van der Waals surface area contributed by atoms with E-state index in [0.29, 0.717) is 5.56 Å². The van der Waals surface area contributed by atoms with Crippen LogP contribution < -0.4 is 0 Å². The lowest BCUT2D eigenvalue weighted by molar-refractivity contribution is -0.143. The average Bonchev–Trinajstić information content (AvgIpc) is 2.68. The highest BCUT2D eigenvalue weighted by molar-refractivity contribution is 6.02. The van der Waals surface area contributed by atoms with Gasteiger partial charge in [0, 0.05) is 13.0 Å². The summed E-state index contributed by atoms with van der Waals surface area (Å²) in [4.78, 5) is 35.0. The fraction of sp³-hybridized carbons (Fsp3) is 0.308. The summed E-state index contributed by atoms with van der Waals surface area (Å²) in [6.07, 6.45) is -0.520. The molecular formula is C13H13NO6. The molecule has 0 bridgehead atoms. The first-order valence-corrected chi connectivity index (χ1v) is 5.98. The third-order valence-corrected chi connectivity index (χ3v) is 3.24. The number of fused-ring (bicyclic) bond motifs is 1. The molecule has 106 valence electrons. The zero-order chi connectivity index (χ0) is 14.9. The van der Waals surface area contributed by atoms with Crippen LogP contribution in [0.4, 0.5) is 0 Å². The van der Waals surface area contributed by atoms with Crippen molar-refractivity contribution in [1.29, 1.82) is 0 Å². The summed E-state index contributed by atoms with van der Waals surface area (Å²) < 4.78 is 0. The molecule has 1 aliphatic rings. The molecule has 0 radical (unpaired) electrons. The van der Waals surface area contributed by atoms with Crippen LogP contribution in [-0.4, -0.2) is 44.1 Å². The molecule has 0 unspecified atom stereocenters. The second kappa shape index (κ2) is 5.20. The fourth-order valence-electron chi connectivity index (χ4n) is 2.29. The number of carbonyl (C=O) groups is 3. The highest BCUT2D eigenvalue weighted by Crippen LogP contribution is 2.32. The van der Waals surface area contributed by atoms with Gasteiger partial charge in [0.05, 0.1) is 5.56 Å². The molecule has 0 spiro atoms. The maximum absolute atomic E-state index is 12.2. The maximum Gasteiger partial charge on any atom is 0.326 e. The number of aliphatic carboxylic acids is 2. The van der Waals surface area contributed by atoms with Crippen molar-refractivity contribution in [3.63, 3.8) is 0 Å². The zero-order valence-electron chi connectivity index (χ0n) is 10.4. The lowest BCUT2D eigenvalue weighted by atomic mass is 10.1. The normalized spacial score (nSPS) is 15.0. The van der Waals surface area contributed by atoms with E-state index < -0.39 is 23.9 Å². The van der Waals surface area contributed by atoms with E-state index in [1.165, 1.54) is 6.07 Å². The number of carboxylic acids is 2. The first kappa shape index (κ1) is 13.9. The number of carboxylic acid groups (broad SMARTS) is 2. The molecule has 0 fully saturated rings. The van der Waals surface area contributed by atoms with Crippen molar-refractivity contribution in [3.05, 3.63) is 29.3 Å². The van der Waals surface area contributed by atoms with Gasteiger partial charge >= 0.3 is 11.9 Å². The van der Waals surface area contributed by atoms with Gasteiger partial charge in [0.15, 0.2) is 0 Å². The Kier molecular flexibility index (Phi) is 3.60. The van der Waals surface area contributed by atoms with E-state index >= 15 is 0 Å². The van der Waals surface area contributed by atoms with Crippen LogP contribution in [0.25, 0.3) is 0 Å². The fourth-order valence-corrected chi connectivity index (χ4v) is 2.29. The standard InChI is InChI=1S/C13H13NO6/c15-9-3-1-2-7-6-14(12(18)11(7)9)8(13(19)20)4-5-10(16)17/h1-3,8,15H,4-6H2,(H,16,17)(H,19,20)/t8-/m1/s1. The van der Waals surface area contributed by atoms with Crippen molar-refractivity contribution in [3.8, 4) is 5.75 Å². The minimum absolute atomic E-state index is 0.0547. The molecule has 1 atom stereocenters. The molecule has 7 nitrogen and oxygen atoms in total. The third-order valence-electron chi connectivity index (χ3n) is 3.24. The van der Waals surface area contributed by atoms with Gasteiger partial charge in [-0.05, 0) is 18.1 Å². The van der Waals surface area contributed by atoms with Crippen molar-refractivity contribution < 1.29 is 29.7 Å². The smallest absolute Gasteiger partial charge is 0.326 e. The van der Waals surface area contributed by atoms with Crippen LogP contribution in [0.1, 0.15) is 28.8 Å². The van der Waals surface area contributed by atoms with Gasteiger partial charge in [0.25, 0.3) is 5.91 Å². The van der Waals surface area contributed by atoms with Crippen molar-refractivity contribution in [2.24, 2.45) is 0 Å². The number of benzene rings is 1. The van der Waals surface area contributed by atoms with Gasteiger partial charge in [-0.1, -0.05) is 12.1 Å². The number of phenols is 1. The Morgan fingerprint density at radius 3 is 2.55 bits per heavy atom. The number of amides is 1. The number of hydrogen-bond donors (Lipinski definition) is 3. The zero-order valence-corrected chi connectivity index (χ0v) is 10.4. The largest absolute Gasteiger partial charge is 0.507 e. The van der Waals surface area contributed by atoms with E-state index in [9.17, 15) is 19.5 Å². The van der Waals surface area contributed by atoms with Crippen LogP contribution in [0.2, 0.25) is 0 Å². The molecule has 1 aromatic rings. The summed E-state index contributed by atoms with van der Waals surface area (Å²) in [5.74, 6) is -3.16. The molecule has 1 heterocycles. The van der Waals surface area contributed by atoms with Gasteiger partial charge in [0.1, 0.15) is 11.8 Å². The van der Waals surface area contributed by atoms with Crippen LogP contribution >= 0.6 is 0 Å². The lowest BCUT2D eigenvalue weighted by Gasteiger charge is -2.23. The van der Waals surface area contributed by atoms with E-state index in [2.05, 4.69) is 0 Å². The van der Waals surface area contributed by atoms with E-state index in [4.69, 9.17) is 10.2 Å². The summed E-state index contributed by atoms with van der Waals surface area (Å²) in [6, 6.07) is 3.33. The molecule has 0 aromatic heterocycles. The predicted octanol–water partition coefficient (Wildman–Crippen LogP) is 0.666. The quantitative estimate of drug-likeness (QED) is 0.729. The number of phenolic OH excluding ortho intramolecular Hbond substituents is 1. The highest BCUT2D eigenvalue weighted by atomic mass is 16.4. The first-order chi connectivity index (χ1) is 9.41. The van der Waals surface area contributed by atoms with Crippen molar-refractivity contribution in [2.75, 3.05) is 0 Å². The van der Waals surface area contributed by atoms with Crippen LogP contribution in [0.5, 0.6) is 5.75 Å². The Morgan fingerprint density at radius 2 is 2.00 bits per heavy atom. The van der Waals surface area contributed by atoms with Gasteiger partial charge in [-0.2, -0.15) is 0 Å². The van der Waals surface area contributed by atoms with Gasteiger partial charge in [-0.15, -0.1) is 0 Å². The van der Waals surface area contributed by atoms with Crippen molar-refractivity contribution >= 4 is 17.8 Å². The van der Waals surface area contributed by atoms with Gasteiger partial charge in [0.2, 0.25) is 0 Å². The second-order valence-electron chi connectivity index (χ2n) is 4.53. The molecular weight excluding hydrogens is 266 g/mol. The van der Waals surface area contributed by atoms with Gasteiger partial charge < -0.3 is 20.2 Å². The number of rotatable bonds is 5. The molecule has 1 amide bonds. The summed E-state index contributed by atoms with van der Waals surface area (Å²) >= 11 is 0. The molecule has 0 aliphatic carbocycles. The molecule has 1 aliphatic heterocycles. The van der Waals surface area contributed by atoms with Crippen LogP contribution in [0.3, 0.4) is 0 Å². The average molecular weight is 279 g/mol. The summed E-state index contributed by atoms with van der Waals surface area (Å²) in [5, 5.41) is 27.5. The molecule has 20 heavy (non-hydrogen) atoms. The number of carbonyl (C=O) groups excluding carboxylic acids is 1. The Balaban J connectivity index is 2.25. The Morgan fingerprint density at radius 1 is 1.30 bits per heavy atom.